The maximum absolute atomic E-state index is 6.29. The fraction of sp³-hybridized carbons (Fsp3) is 0.250. The van der Waals surface area contributed by atoms with Crippen LogP contribution >= 0.6 is 22.9 Å². The van der Waals surface area contributed by atoms with Gasteiger partial charge in [-0.05, 0) is 30.4 Å². The van der Waals surface area contributed by atoms with E-state index in [0.717, 1.165) is 35.4 Å². The molecule has 0 amide bonds. The average molecular weight is 318 g/mol. The Hall–Kier alpha value is -1.65. The van der Waals surface area contributed by atoms with Crippen molar-refractivity contribution < 1.29 is 0 Å². The topological polar surface area (TPSA) is 51.8 Å². The van der Waals surface area contributed by atoms with Gasteiger partial charge in [0, 0.05) is 10.3 Å². The molecule has 0 radical (unpaired) electrons. The van der Waals surface area contributed by atoms with Gasteiger partial charge in [-0.1, -0.05) is 43.1 Å². The number of aromatic nitrogens is 2. The third-order valence-electron chi connectivity index (χ3n) is 3.41. The Labute approximate surface area is 132 Å². The lowest BCUT2D eigenvalue weighted by Gasteiger charge is -2.09. The van der Waals surface area contributed by atoms with E-state index in [0.29, 0.717) is 5.15 Å². The molecule has 0 saturated heterocycles. The van der Waals surface area contributed by atoms with Crippen molar-refractivity contribution in [1.82, 2.24) is 9.97 Å². The third kappa shape index (κ3) is 2.87. The second kappa shape index (κ2) is 6.00. The molecule has 0 aliphatic rings. The van der Waals surface area contributed by atoms with E-state index in [4.69, 9.17) is 17.3 Å². The summed E-state index contributed by atoms with van der Waals surface area (Å²) in [5.74, 6) is 0.229. The Morgan fingerprint density at radius 2 is 2.05 bits per heavy atom. The van der Waals surface area contributed by atoms with E-state index in [1.807, 2.05) is 12.1 Å². The van der Waals surface area contributed by atoms with E-state index in [2.05, 4.69) is 35.1 Å². The number of nitrogens with two attached hydrogens (primary N) is 1. The normalized spacial score (nSPS) is 11.1. The number of fused-ring (bicyclic) bond motifs is 1. The predicted octanol–water partition coefficient (Wildman–Crippen LogP) is 4.94. The summed E-state index contributed by atoms with van der Waals surface area (Å²) in [6, 6.07) is 10.4. The van der Waals surface area contributed by atoms with Crippen LogP contribution < -0.4 is 5.73 Å². The zero-order chi connectivity index (χ0) is 14.8. The molecule has 0 aliphatic carbocycles. The number of hydrogen-bond donors (Lipinski definition) is 1. The van der Waals surface area contributed by atoms with E-state index in [-0.39, 0.29) is 5.95 Å². The smallest absolute Gasteiger partial charge is 0.222 e. The number of halogens is 1. The molecule has 3 nitrogen and oxygen atoms in total. The number of hydrogen-bond acceptors (Lipinski definition) is 4. The number of thiophene rings is 1. The van der Waals surface area contributed by atoms with Gasteiger partial charge in [-0.2, -0.15) is 0 Å². The van der Waals surface area contributed by atoms with Crippen LogP contribution in [0.3, 0.4) is 0 Å². The van der Waals surface area contributed by atoms with Crippen LogP contribution in [0, 0.1) is 0 Å². The first-order valence-corrected chi connectivity index (χ1v) is 8.19. The standard InChI is InChI=1S/C16H16ClN3S/c1-2-3-7-11-14(19-16(18)20-15(11)17)13-9-10-6-4-5-8-12(10)21-13/h4-6,8-9H,2-3,7H2,1H3,(H2,18,19,20). The van der Waals surface area contributed by atoms with Crippen molar-refractivity contribution in [2.24, 2.45) is 0 Å². The molecule has 21 heavy (non-hydrogen) atoms. The maximum atomic E-state index is 6.29. The SMILES string of the molecule is CCCCc1c(Cl)nc(N)nc1-c1cc2ccccc2s1. The highest BCUT2D eigenvalue weighted by Crippen LogP contribution is 2.36. The quantitative estimate of drug-likeness (QED) is 0.694. The Morgan fingerprint density at radius 3 is 2.81 bits per heavy atom. The van der Waals surface area contributed by atoms with Gasteiger partial charge in [0.25, 0.3) is 0 Å². The number of anilines is 1. The molecule has 0 atom stereocenters. The molecule has 2 aromatic heterocycles. The van der Waals surface area contributed by atoms with Crippen LogP contribution in [0.25, 0.3) is 20.7 Å². The van der Waals surface area contributed by atoms with Crippen LogP contribution in [-0.2, 0) is 6.42 Å². The molecule has 0 fully saturated rings. The first kappa shape index (κ1) is 14.3. The van der Waals surface area contributed by atoms with E-state index in [1.54, 1.807) is 11.3 Å². The Bertz CT molecular complexity index is 749. The summed E-state index contributed by atoms with van der Waals surface area (Å²) in [6.07, 6.45) is 3.04. The van der Waals surface area contributed by atoms with Gasteiger partial charge in [0.1, 0.15) is 5.15 Å². The van der Waals surface area contributed by atoms with Gasteiger partial charge in [-0.15, -0.1) is 11.3 Å². The summed E-state index contributed by atoms with van der Waals surface area (Å²) in [5.41, 5.74) is 7.66. The first-order chi connectivity index (χ1) is 10.2. The minimum atomic E-state index is 0.229. The highest BCUT2D eigenvalue weighted by molar-refractivity contribution is 7.22. The molecule has 108 valence electrons. The second-order valence-corrected chi connectivity index (χ2v) is 6.39. The Kier molecular flexibility index (Phi) is 4.08. The Morgan fingerprint density at radius 1 is 1.24 bits per heavy atom. The number of benzene rings is 1. The predicted molar refractivity (Wildman–Crippen MR) is 90.9 cm³/mol. The zero-order valence-corrected chi connectivity index (χ0v) is 13.3. The molecule has 0 unspecified atom stereocenters. The van der Waals surface area contributed by atoms with Gasteiger partial charge in [-0.25, -0.2) is 9.97 Å². The van der Waals surface area contributed by atoms with E-state index in [9.17, 15) is 0 Å². The molecule has 3 aromatic rings. The van der Waals surface area contributed by atoms with Gasteiger partial charge >= 0.3 is 0 Å². The Balaban J connectivity index is 2.15. The number of nitrogen functional groups attached to an aromatic ring is 1. The molecular weight excluding hydrogens is 302 g/mol. The highest BCUT2D eigenvalue weighted by atomic mass is 35.5. The van der Waals surface area contributed by atoms with Gasteiger partial charge in [0.2, 0.25) is 5.95 Å². The molecule has 2 N–H and O–H groups in total. The van der Waals surface area contributed by atoms with Crippen LogP contribution in [0.2, 0.25) is 5.15 Å². The highest BCUT2D eigenvalue weighted by Gasteiger charge is 2.15. The van der Waals surface area contributed by atoms with Gasteiger partial charge < -0.3 is 5.73 Å². The van der Waals surface area contributed by atoms with Crippen molar-refractivity contribution in [3.63, 3.8) is 0 Å². The summed E-state index contributed by atoms with van der Waals surface area (Å²) in [4.78, 5) is 9.64. The molecular formula is C16H16ClN3S. The lowest BCUT2D eigenvalue weighted by molar-refractivity contribution is 0.790. The monoisotopic (exact) mass is 317 g/mol. The van der Waals surface area contributed by atoms with Crippen molar-refractivity contribution in [3.8, 4) is 10.6 Å². The van der Waals surface area contributed by atoms with E-state index in [1.165, 1.54) is 10.1 Å². The molecule has 0 aliphatic heterocycles. The van der Waals surface area contributed by atoms with Crippen LogP contribution in [0.1, 0.15) is 25.3 Å². The first-order valence-electron chi connectivity index (χ1n) is 7.00. The fourth-order valence-corrected chi connectivity index (χ4v) is 3.70. The van der Waals surface area contributed by atoms with E-state index < -0.39 is 0 Å². The minimum absolute atomic E-state index is 0.229. The summed E-state index contributed by atoms with van der Waals surface area (Å²) < 4.78 is 1.24. The molecule has 1 aromatic carbocycles. The lowest BCUT2D eigenvalue weighted by atomic mass is 10.1. The van der Waals surface area contributed by atoms with Crippen LogP contribution in [0.4, 0.5) is 5.95 Å². The fourth-order valence-electron chi connectivity index (χ4n) is 2.35. The number of rotatable bonds is 4. The van der Waals surface area contributed by atoms with Crippen molar-refractivity contribution >= 4 is 39.0 Å². The molecule has 2 heterocycles. The molecule has 0 spiro atoms. The zero-order valence-electron chi connectivity index (χ0n) is 11.8. The molecule has 0 bridgehead atoms. The van der Waals surface area contributed by atoms with Crippen LogP contribution in [0.5, 0.6) is 0 Å². The molecule has 3 rings (SSSR count). The largest absolute Gasteiger partial charge is 0.368 e. The molecule has 5 heteroatoms. The van der Waals surface area contributed by atoms with Crippen LogP contribution in [-0.4, -0.2) is 9.97 Å². The minimum Gasteiger partial charge on any atom is -0.368 e. The van der Waals surface area contributed by atoms with Crippen molar-refractivity contribution in [2.45, 2.75) is 26.2 Å². The van der Waals surface area contributed by atoms with Gasteiger partial charge in [-0.3, -0.25) is 0 Å². The second-order valence-electron chi connectivity index (χ2n) is 4.95. The summed E-state index contributed by atoms with van der Waals surface area (Å²) >= 11 is 8.00. The number of unbranched alkanes of at least 4 members (excludes halogenated alkanes) is 1. The van der Waals surface area contributed by atoms with Gasteiger partial charge in [0.05, 0.1) is 10.6 Å². The summed E-state index contributed by atoms with van der Waals surface area (Å²) in [5, 5.41) is 1.69. The van der Waals surface area contributed by atoms with E-state index >= 15 is 0 Å². The summed E-state index contributed by atoms with van der Waals surface area (Å²) in [7, 11) is 0. The van der Waals surface area contributed by atoms with Crippen LogP contribution in [0.15, 0.2) is 30.3 Å². The number of nitrogens with zero attached hydrogens (tertiary/aromatic N) is 2. The van der Waals surface area contributed by atoms with Gasteiger partial charge in [0.15, 0.2) is 0 Å². The maximum Gasteiger partial charge on any atom is 0.222 e. The average Bonchev–Trinajstić information content (AvgIpc) is 2.89. The lowest BCUT2D eigenvalue weighted by Crippen LogP contribution is -2.02. The van der Waals surface area contributed by atoms with Crippen molar-refractivity contribution in [2.75, 3.05) is 5.73 Å². The summed E-state index contributed by atoms with van der Waals surface area (Å²) in [6.45, 7) is 2.16. The van der Waals surface area contributed by atoms with Crippen molar-refractivity contribution in [1.29, 1.82) is 0 Å². The molecule has 0 saturated carbocycles. The third-order valence-corrected chi connectivity index (χ3v) is 4.85. The van der Waals surface area contributed by atoms with Crippen molar-refractivity contribution in [3.05, 3.63) is 41.0 Å².